The lowest BCUT2D eigenvalue weighted by Gasteiger charge is -2.08. The van der Waals surface area contributed by atoms with Crippen molar-refractivity contribution < 1.29 is 14.3 Å². The highest BCUT2D eigenvalue weighted by Crippen LogP contribution is 2.17. The summed E-state index contributed by atoms with van der Waals surface area (Å²) < 4.78 is 10.9. The van der Waals surface area contributed by atoms with E-state index >= 15 is 0 Å². The quantitative estimate of drug-likeness (QED) is 0.649. The molecule has 3 N–H and O–H groups in total. The second-order valence-electron chi connectivity index (χ2n) is 4.45. The number of nitrogens with one attached hydrogen (secondary N) is 1. The van der Waals surface area contributed by atoms with Crippen molar-refractivity contribution in [2.24, 2.45) is 5.73 Å². The van der Waals surface area contributed by atoms with Gasteiger partial charge in [0.25, 0.3) is 5.91 Å². The minimum atomic E-state index is -0.117. The van der Waals surface area contributed by atoms with Crippen LogP contribution in [-0.4, -0.2) is 32.2 Å². The standard InChI is InChI=1S/C15H24N2O3.ClH/c1-2-11-19-13-5-7-14(8-6-13)20-12-15(18)17-10-4-3-9-16;/h5-8H,2-4,9-12,16H2,1H3,(H,17,18);1H. The molecule has 1 aromatic rings. The Morgan fingerprint density at radius 2 is 1.76 bits per heavy atom. The van der Waals surface area contributed by atoms with Crippen molar-refractivity contribution >= 4 is 18.3 Å². The molecule has 0 aromatic heterocycles. The number of rotatable bonds is 10. The molecule has 0 fully saturated rings. The van der Waals surface area contributed by atoms with E-state index in [0.29, 0.717) is 25.4 Å². The number of hydrogen-bond acceptors (Lipinski definition) is 4. The summed E-state index contributed by atoms with van der Waals surface area (Å²) in [6.07, 6.45) is 2.79. The largest absolute Gasteiger partial charge is 0.494 e. The molecule has 0 spiro atoms. The third-order valence-corrected chi connectivity index (χ3v) is 2.62. The van der Waals surface area contributed by atoms with E-state index in [4.69, 9.17) is 15.2 Å². The number of benzene rings is 1. The normalized spacial score (nSPS) is 9.62. The van der Waals surface area contributed by atoms with Gasteiger partial charge < -0.3 is 20.5 Å². The average Bonchev–Trinajstić information content (AvgIpc) is 2.48. The monoisotopic (exact) mass is 316 g/mol. The van der Waals surface area contributed by atoms with Gasteiger partial charge in [0.1, 0.15) is 11.5 Å². The molecule has 0 unspecified atom stereocenters. The predicted molar refractivity (Wildman–Crippen MR) is 86.3 cm³/mol. The second kappa shape index (κ2) is 12.3. The fourth-order valence-corrected chi connectivity index (χ4v) is 1.55. The summed E-state index contributed by atoms with van der Waals surface area (Å²) >= 11 is 0. The maximum atomic E-state index is 11.5. The first-order chi connectivity index (χ1) is 9.76. The van der Waals surface area contributed by atoms with Crippen molar-refractivity contribution in [3.05, 3.63) is 24.3 Å². The molecule has 1 aromatic carbocycles. The third kappa shape index (κ3) is 9.15. The molecule has 0 aliphatic heterocycles. The molecule has 0 atom stereocenters. The number of hydrogen-bond donors (Lipinski definition) is 2. The summed E-state index contributed by atoms with van der Waals surface area (Å²) in [5, 5.41) is 2.78. The Morgan fingerprint density at radius 1 is 1.14 bits per heavy atom. The van der Waals surface area contributed by atoms with E-state index in [2.05, 4.69) is 12.2 Å². The molecule has 1 amide bonds. The van der Waals surface area contributed by atoms with E-state index in [0.717, 1.165) is 25.0 Å². The smallest absolute Gasteiger partial charge is 0.257 e. The number of carbonyl (C=O) groups is 1. The molecule has 0 heterocycles. The van der Waals surface area contributed by atoms with E-state index in [1.54, 1.807) is 12.1 Å². The van der Waals surface area contributed by atoms with Gasteiger partial charge in [0.05, 0.1) is 6.61 Å². The fourth-order valence-electron chi connectivity index (χ4n) is 1.55. The Kier molecular flexibility index (Phi) is 11.4. The zero-order valence-corrected chi connectivity index (χ0v) is 13.3. The molecule has 0 aliphatic rings. The van der Waals surface area contributed by atoms with Gasteiger partial charge in [0.2, 0.25) is 0 Å². The minimum absolute atomic E-state index is 0. The summed E-state index contributed by atoms with van der Waals surface area (Å²) in [6.45, 7) is 4.08. The first-order valence-corrected chi connectivity index (χ1v) is 7.08. The molecule has 120 valence electrons. The van der Waals surface area contributed by atoms with E-state index in [1.165, 1.54) is 0 Å². The molecular formula is C15H25ClN2O3. The lowest BCUT2D eigenvalue weighted by atomic mass is 10.3. The van der Waals surface area contributed by atoms with Crippen molar-refractivity contribution in [2.75, 3.05) is 26.3 Å². The van der Waals surface area contributed by atoms with Crippen molar-refractivity contribution in [3.63, 3.8) is 0 Å². The number of carbonyl (C=O) groups excluding carboxylic acids is 1. The third-order valence-electron chi connectivity index (χ3n) is 2.62. The Bertz CT molecular complexity index is 385. The van der Waals surface area contributed by atoms with Gasteiger partial charge in [0.15, 0.2) is 6.61 Å². The highest BCUT2D eigenvalue weighted by Gasteiger charge is 2.02. The maximum absolute atomic E-state index is 11.5. The van der Waals surface area contributed by atoms with Crippen molar-refractivity contribution in [1.82, 2.24) is 5.32 Å². The van der Waals surface area contributed by atoms with Crippen molar-refractivity contribution in [2.45, 2.75) is 26.2 Å². The lowest BCUT2D eigenvalue weighted by Crippen LogP contribution is -2.29. The van der Waals surface area contributed by atoms with E-state index in [9.17, 15) is 4.79 Å². The molecule has 21 heavy (non-hydrogen) atoms. The van der Waals surface area contributed by atoms with Gasteiger partial charge >= 0.3 is 0 Å². The van der Waals surface area contributed by atoms with Crippen molar-refractivity contribution in [3.8, 4) is 11.5 Å². The minimum Gasteiger partial charge on any atom is -0.494 e. The van der Waals surface area contributed by atoms with E-state index in [-0.39, 0.29) is 24.9 Å². The average molecular weight is 317 g/mol. The van der Waals surface area contributed by atoms with Crippen LogP contribution in [0.1, 0.15) is 26.2 Å². The molecule has 0 saturated heterocycles. The Balaban J connectivity index is 0.00000400. The van der Waals surface area contributed by atoms with Gasteiger partial charge in [-0.25, -0.2) is 0 Å². The predicted octanol–water partition coefficient (Wildman–Crippen LogP) is 2.13. The van der Waals surface area contributed by atoms with Crippen LogP contribution in [0.2, 0.25) is 0 Å². The van der Waals surface area contributed by atoms with Crippen LogP contribution in [0.15, 0.2) is 24.3 Å². The van der Waals surface area contributed by atoms with Crippen LogP contribution < -0.4 is 20.5 Å². The first-order valence-electron chi connectivity index (χ1n) is 7.08. The number of amides is 1. The van der Waals surface area contributed by atoms with Gasteiger partial charge in [-0.3, -0.25) is 4.79 Å². The molecule has 6 heteroatoms. The van der Waals surface area contributed by atoms with Gasteiger partial charge in [-0.05, 0) is 50.1 Å². The summed E-state index contributed by atoms with van der Waals surface area (Å²) in [5.41, 5.74) is 5.37. The van der Waals surface area contributed by atoms with Gasteiger partial charge in [0, 0.05) is 6.54 Å². The molecular weight excluding hydrogens is 292 g/mol. The van der Waals surface area contributed by atoms with Gasteiger partial charge in [-0.2, -0.15) is 0 Å². The van der Waals surface area contributed by atoms with E-state index in [1.807, 2.05) is 12.1 Å². The second-order valence-corrected chi connectivity index (χ2v) is 4.45. The lowest BCUT2D eigenvalue weighted by molar-refractivity contribution is -0.123. The Hall–Kier alpha value is -1.46. The topological polar surface area (TPSA) is 73.6 Å². The van der Waals surface area contributed by atoms with Crippen LogP contribution >= 0.6 is 12.4 Å². The fraction of sp³-hybridized carbons (Fsp3) is 0.533. The van der Waals surface area contributed by atoms with Gasteiger partial charge in [-0.1, -0.05) is 6.92 Å². The van der Waals surface area contributed by atoms with Crippen LogP contribution in [0, 0.1) is 0 Å². The summed E-state index contributed by atoms with van der Waals surface area (Å²) in [5.74, 6) is 1.35. The summed E-state index contributed by atoms with van der Waals surface area (Å²) in [7, 11) is 0. The highest BCUT2D eigenvalue weighted by atomic mass is 35.5. The first kappa shape index (κ1) is 19.5. The number of nitrogens with two attached hydrogens (primary N) is 1. The van der Waals surface area contributed by atoms with Crippen LogP contribution in [-0.2, 0) is 4.79 Å². The van der Waals surface area contributed by atoms with Crippen LogP contribution in [0.25, 0.3) is 0 Å². The summed E-state index contributed by atoms with van der Waals surface area (Å²) in [4.78, 5) is 11.5. The summed E-state index contributed by atoms with van der Waals surface area (Å²) in [6, 6.07) is 7.27. The number of halogens is 1. The van der Waals surface area contributed by atoms with Crippen LogP contribution in [0.4, 0.5) is 0 Å². The Labute approximate surface area is 132 Å². The zero-order valence-electron chi connectivity index (χ0n) is 12.5. The molecule has 0 bridgehead atoms. The van der Waals surface area contributed by atoms with Crippen LogP contribution in [0.5, 0.6) is 11.5 Å². The Morgan fingerprint density at radius 3 is 2.33 bits per heavy atom. The highest BCUT2D eigenvalue weighted by molar-refractivity contribution is 5.85. The van der Waals surface area contributed by atoms with E-state index < -0.39 is 0 Å². The molecule has 5 nitrogen and oxygen atoms in total. The molecule has 0 saturated carbocycles. The zero-order chi connectivity index (χ0) is 14.6. The van der Waals surface area contributed by atoms with Crippen LogP contribution in [0.3, 0.4) is 0 Å². The van der Waals surface area contributed by atoms with Crippen molar-refractivity contribution in [1.29, 1.82) is 0 Å². The molecule has 0 radical (unpaired) electrons. The van der Waals surface area contributed by atoms with Gasteiger partial charge in [-0.15, -0.1) is 12.4 Å². The maximum Gasteiger partial charge on any atom is 0.257 e. The molecule has 1 rings (SSSR count). The number of unbranched alkanes of at least 4 members (excludes halogenated alkanes) is 1. The molecule has 0 aliphatic carbocycles. The SMILES string of the molecule is CCCOc1ccc(OCC(=O)NCCCCN)cc1.Cl. The number of ether oxygens (including phenoxy) is 2.